The van der Waals surface area contributed by atoms with Gasteiger partial charge in [0, 0.05) is 40.3 Å². The van der Waals surface area contributed by atoms with E-state index in [9.17, 15) is 0 Å². The van der Waals surface area contributed by atoms with Gasteiger partial charge in [-0.1, -0.05) is 146 Å². The molecule has 2 aromatic heterocycles. The molecule has 0 bridgehead atoms. The summed E-state index contributed by atoms with van der Waals surface area (Å²) in [6.45, 7) is 0. The first-order valence-corrected chi connectivity index (χ1v) is 18.7. The van der Waals surface area contributed by atoms with Crippen molar-refractivity contribution in [3.63, 3.8) is 0 Å². The summed E-state index contributed by atoms with van der Waals surface area (Å²) in [7, 11) is 0. The van der Waals surface area contributed by atoms with Crippen molar-refractivity contribution in [3.05, 3.63) is 170 Å². The van der Waals surface area contributed by atoms with E-state index >= 15 is 0 Å². The average Bonchev–Trinajstić information content (AvgIpc) is 3.75. The van der Waals surface area contributed by atoms with Crippen molar-refractivity contribution >= 4 is 95.3 Å². The van der Waals surface area contributed by atoms with Crippen LogP contribution < -0.4 is 0 Å². The van der Waals surface area contributed by atoms with Crippen molar-refractivity contribution in [2.45, 2.75) is 0 Å². The van der Waals surface area contributed by atoms with Crippen molar-refractivity contribution in [3.8, 4) is 33.4 Å². The van der Waals surface area contributed by atoms with Crippen LogP contribution in [0, 0.1) is 0 Å². The minimum atomic E-state index is 1.23. The molecule has 0 saturated heterocycles. The molecule has 0 nitrogen and oxygen atoms in total. The predicted molar refractivity (Wildman–Crippen MR) is 221 cm³/mol. The molecule has 0 aliphatic carbocycles. The van der Waals surface area contributed by atoms with Crippen LogP contribution in [0.4, 0.5) is 0 Å². The largest absolute Gasteiger partial charge is 0.135 e. The van der Waals surface area contributed by atoms with E-state index in [2.05, 4.69) is 170 Å². The Bertz CT molecular complexity index is 3070. The van der Waals surface area contributed by atoms with Crippen LogP contribution in [-0.2, 0) is 0 Å². The molecular formula is C48H28S2. The van der Waals surface area contributed by atoms with Crippen LogP contribution in [0.2, 0.25) is 0 Å². The highest BCUT2D eigenvalue weighted by atomic mass is 32.1. The number of thiophene rings is 2. The van der Waals surface area contributed by atoms with Crippen LogP contribution in [0.1, 0.15) is 0 Å². The Morgan fingerprint density at radius 1 is 0.280 bits per heavy atom. The molecule has 0 amide bonds. The smallest absolute Gasteiger partial charge is 0.0434 e. The van der Waals surface area contributed by atoms with E-state index in [-0.39, 0.29) is 0 Å². The summed E-state index contributed by atoms with van der Waals surface area (Å²) < 4.78 is 5.42. The van der Waals surface area contributed by atoms with E-state index in [1.807, 2.05) is 22.7 Å². The lowest BCUT2D eigenvalue weighted by atomic mass is 9.85. The fraction of sp³-hybridized carbons (Fsp3) is 0. The van der Waals surface area contributed by atoms with E-state index in [0.29, 0.717) is 0 Å². The van der Waals surface area contributed by atoms with Crippen LogP contribution in [0.5, 0.6) is 0 Å². The molecule has 0 radical (unpaired) electrons. The number of hydrogen-bond donors (Lipinski definition) is 0. The minimum Gasteiger partial charge on any atom is -0.135 e. The van der Waals surface area contributed by atoms with Crippen molar-refractivity contribution < 1.29 is 0 Å². The Hall–Kier alpha value is -5.80. The average molecular weight is 669 g/mol. The van der Waals surface area contributed by atoms with Crippen LogP contribution in [-0.4, -0.2) is 0 Å². The molecule has 50 heavy (non-hydrogen) atoms. The van der Waals surface area contributed by atoms with E-state index < -0.39 is 0 Å². The van der Waals surface area contributed by atoms with E-state index in [1.165, 1.54) is 106 Å². The first kappa shape index (κ1) is 28.1. The van der Waals surface area contributed by atoms with Gasteiger partial charge in [0.1, 0.15) is 0 Å². The Labute approximate surface area is 297 Å². The van der Waals surface area contributed by atoms with E-state index in [0.717, 1.165) is 0 Å². The third-order valence-electron chi connectivity index (χ3n) is 10.5. The Morgan fingerprint density at radius 3 is 1.48 bits per heavy atom. The molecule has 2 heterocycles. The summed E-state index contributed by atoms with van der Waals surface area (Å²) >= 11 is 3.83. The van der Waals surface area contributed by atoms with Crippen LogP contribution in [0.15, 0.2) is 170 Å². The van der Waals surface area contributed by atoms with Crippen LogP contribution in [0.3, 0.4) is 0 Å². The highest BCUT2D eigenvalue weighted by Gasteiger charge is 2.19. The van der Waals surface area contributed by atoms with E-state index in [4.69, 9.17) is 0 Å². The number of benzene rings is 9. The fourth-order valence-corrected chi connectivity index (χ4v) is 10.6. The zero-order valence-corrected chi connectivity index (χ0v) is 28.6. The third kappa shape index (κ3) is 4.10. The second-order valence-electron chi connectivity index (χ2n) is 13.2. The molecular weight excluding hydrogens is 641 g/mol. The van der Waals surface area contributed by atoms with Gasteiger partial charge in [-0.05, 0) is 90.0 Å². The maximum Gasteiger partial charge on any atom is 0.0434 e. The fourth-order valence-electron chi connectivity index (χ4n) is 8.23. The molecule has 0 saturated carbocycles. The molecule has 232 valence electrons. The summed E-state index contributed by atoms with van der Waals surface area (Å²) in [5.41, 5.74) is 7.56. The first-order chi connectivity index (χ1) is 24.8. The van der Waals surface area contributed by atoms with Crippen molar-refractivity contribution in [1.82, 2.24) is 0 Å². The van der Waals surface area contributed by atoms with Gasteiger partial charge in [0.15, 0.2) is 0 Å². The maximum absolute atomic E-state index is 2.47. The predicted octanol–water partition coefficient (Wildman–Crippen LogP) is 14.9. The zero-order valence-electron chi connectivity index (χ0n) is 27.0. The van der Waals surface area contributed by atoms with Gasteiger partial charge < -0.3 is 0 Å². The lowest BCUT2D eigenvalue weighted by Gasteiger charge is -2.18. The molecule has 0 fully saturated rings. The second-order valence-corrected chi connectivity index (χ2v) is 15.3. The summed E-state index contributed by atoms with van der Waals surface area (Å²) in [5.74, 6) is 0. The Kier molecular flexibility index (Phi) is 6.09. The normalized spacial score (nSPS) is 12.0. The molecule has 9 aromatic carbocycles. The van der Waals surface area contributed by atoms with Gasteiger partial charge in [0.25, 0.3) is 0 Å². The van der Waals surface area contributed by atoms with Crippen molar-refractivity contribution in [2.24, 2.45) is 0 Å². The zero-order chi connectivity index (χ0) is 32.8. The molecule has 0 N–H and O–H groups in total. The molecule has 11 aromatic rings. The van der Waals surface area contributed by atoms with Gasteiger partial charge in [-0.3, -0.25) is 0 Å². The molecule has 0 atom stereocenters. The second kappa shape index (κ2) is 10.9. The minimum absolute atomic E-state index is 1.23. The summed E-state index contributed by atoms with van der Waals surface area (Å²) in [6.07, 6.45) is 0. The lowest BCUT2D eigenvalue weighted by molar-refractivity contribution is 1.61. The van der Waals surface area contributed by atoms with E-state index in [1.54, 1.807) is 0 Å². The third-order valence-corrected chi connectivity index (χ3v) is 12.8. The van der Waals surface area contributed by atoms with Gasteiger partial charge in [0.05, 0.1) is 0 Å². The Morgan fingerprint density at radius 2 is 0.780 bits per heavy atom. The first-order valence-electron chi connectivity index (χ1n) is 17.1. The maximum atomic E-state index is 2.47. The monoisotopic (exact) mass is 668 g/mol. The highest BCUT2D eigenvalue weighted by Crippen LogP contribution is 2.49. The lowest BCUT2D eigenvalue weighted by Crippen LogP contribution is -1.91. The van der Waals surface area contributed by atoms with Crippen LogP contribution >= 0.6 is 22.7 Å². The van der Waals surface area contributed by atoms with Crippen molar-refractivity contribution in [2.75, 3.05) is 0 Å². The Balaban J connectivity index is 1.17. The van der Waals surface area contributed by atoms with Gasteiger partial charge in [-0.2, -0.15) is 0 Å². The topological polar surface area (TPSA) is 0 Å². The molecule has 0 unspecified atom stereocenters. The highest BCUT2D eigenvalue weighted by molar-refractivity contribution is 7.28. The number of rotatable bonds is 3. The molecule has 0 aliphatic rings. The molecule has 2 heteroatoms. The molecule has 0 aliphatic heterocycles. The summed E-state index contributed by atoms with van der Waals surface area (Å²) in [6, 6.07) is 62.9. The molecule has 0 spiro atoms. The van der Waals surface area contributed by atoms with Crippen molar-refractivity contribution in [1.29, 1.82) is 0 Å². The van der Waals surface area contributed by atoms with Gasteiger partial charge in [-0.25, -0.2) is 0 Å². The standard InChI is InChI=1S/C48H28S2/c1-2-10-29(11-3-1)30-18-20-32(21-19-30)44-35-14-6-8-16-37(35)45(38-17-9-7-15-36(38)44)33-23-25-41-40(28-33)47-42(49-41)26-27-43-46(47)39-24-22-31-12-4-5-13-34(31)48(39)50-43/h1-28H. The summed E-state index contributed by atoms with van der Waals surface area (Å²) in [5, 5.41) is 13.2. The molecule has 11 rings (SSSR count). The van der Waals surface area contributed by atoms with Gasteiger partial charge in [0.2, 0.25) is 0 Å². The van der Waals surface area contributed by atoms with Gasteiger partial charge >= 0.3 is 0 Å². The van der Waals surface area contributed by atoms with Gasteiger partial charge in [-0.15, -0.1) is 22.7 Å². The SMILES string of the molecule is c1ccc(-c2ccc(-c3c4ccccc4c(-c4ccc5sc6ccc7sc8c9ccccc9ccc8c7c6c5c4)c4ccccc34)cc2)cc1. The summed E-state index contributed by atoms with van der Waals surface area (Å²) in [4.78, 5) is 0. The number of hydrogen-bond acceptors (Lipinski definition) is 2. The van der Waals surface area contributed by atoms with Crippen LogP contribution in [0.25, 0.3) is 106 Å². The quantitative estimate of drug-likeness (QED) is 0.164. The number of fused-ring (bicyclic) bond motifs is 11.